The second kappa shape index (κ2) is 5.32. The van der Waals surface area contributed by atoms with Gasteiger partial charge in [0.2, 0.25) is 0 Å². The van der Waals surface area contributed by atoms with E-state index in [4.69, 9.17) is 0 Å². The predicted octanol–water partition coefficient (Wildman–Crippen LogP) is 2.76. The number of thioether (sulfide) groups is 1. The monoisotopic (exact) mass is 241 g/mol. The molecule has 1 rings (SSSR count). The summed E-state index contributed by atoms with van der Waals surface area (Å²) in [7, 11) is 0. The van der Waals surface area contributed by atoms with Crippen LogP contribution in [0.1, 0.15) is 19.4 Å². The van der Waals surface area contributed by atoms with Crippen LogP contribution in [-0.2, 0) is 0 Å². The van der Waals surface area contributed by atoms with Gasteiger partial charge in [-0.3, -0.25) is 10.1 Å². The molecule has 0 aliphatic heterocycles. The van der Waals surface area contributed by atoms with Gasteiger partial charge >= 0.3 is 0 Å². The van der Waals surface area contributed by atoms with Crippen LogP contribution in [0.2, 0.25) is 0 Å². The summed E-state index contributed by atoms with van der Waals surface area (Å²) in [6.07, 6.45) is -0.495. The van der Waals surface area contributed by atoms with E-state index in [0.717, 1.165) is 5.56 Å². The standard InChI is InChI=1S/C11H15NO3S/c1-7-4-5-10(12(14)15)11(6-7)16-9(3)8(2)13/h4-6,8-9,13H,1-3H3. The van der Waals surface area contributed by atoms with Crippen LogP contribution in [0.25, 0.3) is 0 Å². The van der Waals surface area contributed by atoms with Gasteiger partial charge in [0.25, 0.3) is 5.69 Å². The lowest BCUT2D eigenvalue weighted by atomic mass is 10.2. The zero-order valence-electron chi connectivity index (χ0n) is 9.51. The number of rotatable bonds is 4. The van der Waals surface area contributed by atoms with Crippen molar-refractivity contribution >= 4 is 17.4 Å². The maximum Gasteiger partial charge on any atom is 0.282 e. The van der Waals surface area contributed by atoms with E-state index < -0.39 is 11.0 Å². The molecule has 0 saturated heterocycles. The quantitative estimate of drug-likeness (QED) is 0.500. The molecule has 0 saturated carbocycles. The van der Waals surface area contributed by atoms with Gasteiger partial charge in [-0.2, -0.15) is 0 Å². The van der Waals surface area contributed by atoms with Crippen LogP contribution >= 0.6 is 11.8 Å². The van der Waals surface area contributed by atoms with E-state index in [2.05, 4.69) is 0 Å². The number of hydrogen-bond acceptors (Lipinski definition) is 4. The van der Waals surface area contributed by atoms with Gasteiger partial charge in [0, 0.05) is 11.3 Å². The van der Waals surface area contributed by atoms with Gasteiger partial charge in [0.05, 0.1) is 15.9 Å². The Labute approximate surface area is 98.8 Å². The lowest BCUT2D eigenvalue weighted by Gasteiger charge is -2.14. The Kier molecular flexibility index (Phi) is 4.32. The highest BCUT2D eigenvalue weighted by Crippen LogP contribution is 2.33. The van der Waals surface area contributed by atoms with Crippen LogP contribution in [-0.4, -0.2) is 21.4 Å². The van der Waals surface area contributed by atoms with E-state index in [9.17, 15) is 15.2 Å². The van der Waals surface area contributed by atoms with Crippen molar-refractivity contribution in [2.24, 2.45) is 0 Å². The minimum Gasteiger partial charge on any atom is -0.392 e. The summed E-state index contributed by atoms with van der Waals surface area (Å²) in [4.78, 5) is 11.0. The van der Waals surface area contributed by atoms with E-state index in [1.165, 1.54) is 17.8 Å². The van der Waals surface area contributed by atoms with Gasteiger partial charge < -0.3 is 5.11 Å². The molecule has 1 N–H and O–H groups in total. The van der Waals surface area contributed by atoms with Crippen molar-refractivity contribution in [3.8, 4) is 0 Å². The Bertz CT molecular complexity index is 393. The van der Waals surface area contributed by atoms with Crippen molar-refractivity contribution in [2.75, 3.05) is 0 Å². The van der Waals surface area contributed by atoms with Crippen molar-refractivity contribution in [1.29, 1.82) is 0 Å². The smallest absolute Gasteiger partial charge is 0.282 e. The summed E-state index contributed by atoms with van der Waals surface area (Å²) >= 11 is 1.33. The highest BCUT2D eigenvalue weighted by atomic mass is 32.2. The van der Waals surface area contributed by atoms with Crippen LogP contribution in [0, 0.1) is 17.0 Å². The molecule has 0 aliphatic carbocycles. The van der Waals surface area contributed by atoms with Crippen molar-refractivity contribution in [3.05, 3.63) is 33.9 Å². The fourth-order valence-corrected chi connectivity index (χ4v) is 2.28. The number of aryl methyl sites for hydroxylation is 1. The zero-order valence-corrected chi connectivity index (χ0v) is 10.3. The molecule has 88 valence electrons. The molecule has 2 atom stereocenters. The van der Waals surface area contributed by atoms with E-state index >= 15 is 0 Å². The van der Waals surface area contributed by atoms with Crippen molar-refractivity contribution in [1.82, 2.24) is 0 Å². The third-order valence-corrected chi connectivity index (χ3v) is 3.65. The first kappa shape index (κ1) is 13.0. The molecule has 2 unspecified atom stereocenters. The van der Waals surface area contributed by atoms with Crippen LogP contribution in [0.4, 0.5) is 5.69 Å². The van der Waals surface area contributed by atoms with E-state index in [1.54, 1.807) is 19.1 Å². The molecule has 0 aromatic heterocycles. The fraction of sp³-hybridized carbons (Fsp3) is 0.455. The van der Waals surface area contributed by atoms with Crippen molar-refractivity contribution < 1.29 is 10.0 Å². The largest absolute Gasteiger partial charge is 0.392 e. The highest BCUT2D eigenvalue weighted by molar-refractivity contribution is 8.00. The Morgan fingerprint density at radius 3 is 2.56 bits per heavy atom. The molecule has 1 aromatic rings. The van der Waals surface area contributed by atoms with Crippen molar-refractivity contribution in [3.63, 3.8) is 0 Å². The third kappa shape index (κ3) is 3.21. The first-order valence-electron chi connectivity index (χ1n) is 5.01. The average Bonchev–Trinajstić information content (AvgIpc) is 2.16. The Hall–Kier alpha value is -1.07. The number of aliphatic hydroxyl groups is 1. The summed E-state index contributed by atoms with van der Waals surface area (Å²) in [5.74, 6) is 0. The SMILES string of the molecule is Cc1ccc([N+](=O)[O-])c(SC(C)C(C)O)c1. The van der Waals surface area contributed by atoms with Gasteiger partial charge in [-0.25, -0.2) is 0 Å². The van der Waals surface area contributed by atoms with Gasteiger partial charge in [-0.15, -0.1) is 11.8 Å². The number of nitro groups is 1. The molecule has 0 aliphatic rings. The second-order valence-electron chi connectivity index (χ2n) is 3.79. The normalized spacial score (nSPS) is 14.5. The Morgan fingerprint density at radius 1 is 1.44 bits per heavy atom. The summed E-state index contributed by atoms with van der Waals surface area (Å²) < 4.78 is 0. The molecule has 0 amide bonds. The molecule has 16 heavy (non-hydrogen) atoms. The summed E-state index contributed by atoms with van der Waals surface area (Å²) in [5.41, 5.74) is 1.08. The third-order valence-electron chi connectivity index (χ3n) is 2.30. The van der Waals surface area contributed by atoms with Gasteiger partial charge in [0.1, 0.15) is 0 Å². The summed E-state index contributed by atoms with van der Waals surface area (Å²) in [5, 5.41) is 20.1. The minimum atomic E-state index is -0.495. The second-order valence-corrected chi connectivity index (χ2v) is 5.21. The molecule has 0 bridgehead atoms. The molecule has 0 radical (unpaired) electrons. The topological polar surface area (TPSA) is 63.4 Å². The first-order chi connectivity index (χ1) is 7.41. The molecular weight excluding hydrogens is 226 g/mol. The molecular formula is C11H15NO3S. The number of nitro benzene ring substituents is 1. The number of nitrogens with zero attached hydrogens (tertiary/aromatic N) is 1. The molecule has 0 spiro atoms. The molecule has 4 nitrogen and oxygen atoms in total. The van der Waals surface area contributed by atoms with Crippen LogP contribution in [0.15, 0.2) is 23.1 Å². The van der Waals surface area contributed by atoms with Crippen molar-refractivity contribution in [2.45, 2.75) is 37.0 Å². The number of aliphatic hydroxyl groups excluding tert-OH is 1. The number of benzene rings is 1. The van der Waals surface area contributed by atoms with E-state index in [-0.39, 0.29) is 10.9 Å². The molecule has 0 heterocycles. The summed E-state index contributed by atoms with van der Waals surface area (Å²) in [6, 6.07) is 5.00. The van der Waals surface area contributed by atoms with Gasteiger partial charge in [0.15, 0.2) is 0 Å². The van der Waals surface area contributed by atoms with E-state index in [1.807, 2.05) is 13.8 Å². The minimum absolute atomic E-state index is 0.0690. The zero-order chi connectivity index (χ0) is 12.3. The Morgan fingerprint density at radius 2 is 2.06 bits per heavy atom. The Balaban J connectivity index is 3.01. The number of hydrogen-bond donors (Lipinski definition) is 1. The van der Waals surface area contributed by atoms with Crippen LogP contribution in [0.3, 0.4) is 0 Å². The predicted molar refractivity (Wildman–Crippen MR) is 64.8 cm³/mol. The maximum absolute atomic E-state index is 10.8. The van der Waals surface area contributed by atoms with Crippen LogP contribution in [0.5, 0.6) is 0 Å². The summed E-state index contributed by atoms with van der Waals surface area (Å²) in [6.45, 7) is 5.42. The fourth-order valence-electron chi connectivity index (χ4n) is 1.17. The lowest BCUT2D eigenvalue weighted by molar-refractivity contribution is -0.387. The first-order valence-corrected chi connectivity index (χ1v) is 5.89. The van der Waals surface area contributed by atoms with Crippen LogP contribution < -0.4 is 0 Å². The molecule has 5 heteroatoms. The lowest BCUT2D eigenvalue weighted by Crippen LogP contribution is -2.15. The van der Waals surface area contributed by atoms with Gasteiger partial charge in [-0.05, 0) is 25.5 Å². The van der Waals surface area contributed by atoms with E-state index in [0.29, 0.717) is 4.90 Å². The molecule has 1 aromatic carbocycles. The average molecular weight is 241 g/mol. The molecule has 0 fully saturated rings. The maximum atomic E-state index is 10.8. The highest BCUT2D eigenvalue weighted by Gasteiger charge is 2.18. The van der Waals surface area contributed by atoms with Gasteiger partial charge in [-0.1, -0.05) is 13.0 Å².